The molecule has 0 aliphatic rings. The summed E-state index contributed by atoms with van der Waals surface area (Å²) >= 11 is 0. The van der Waals surface area contributed by atoms with Gasteiger partial charge >= 0.3 is 0 Å². The monoisotopic (exact) mass is 198 g/mol. The summed E-state index contributed by atoms with van der Waals surface area (Å²) in [7, 11) is 0. The van der Waals surface area contributed by atoms with Gasteiger partial charge in [0.1, 0.15) is 0 Å². The van der Waals surface area contributed by atoms with Crippen LogP contribution in [0.5, 0.6) is 0 Å². The van der Waals surface area contributed by atoms with Gasteiger partial charge < -0.3 is 9.47 Å². The fraction of sp³-hybridized carbons (Fsp3) is 0.667. The molecule has 82 valence electrons. The van der Waals surface area contributed by atoms with Crippen molar-refractivity contribution in [3.63, 3.8) is 0 Å². The van der Waals surface area contributed by atoms with Gasteiger partial charge in [-0.1, -0.05) is 31.6 Å². The van der Waals surface area contributed by atoms with Gasteiger partial charge in [-0.3, -0.25) is 0 Å². The minimum absolute atomic E-state index is 0.198. The molecule has 0 radical (unpaired) electrons. The Hall–Kier alpha value is -0.600. The highest BCUT2D eigenvalue weighted by molar-refractivity contribution is 5.03. The van der Waals surface area contributed by atoms with Crippen molar-refractivity contribution in [2.24, 2.45) is 0 Å². The minimum atomic E-state index is -0.198. The van der Waals surface area contributed by atoms with Gasteiger partial charge in [0.2, 0.25) is 0 Å². The Morgan fingerprint density at radius 2 is 1.64 bits per heavy atom. The molecule has 0 aromatic heterocycles. The zero-order chi connectivity index (χ0) is 10.6. The molecule has 2 heteroatoms. The summed E-state index contributed by atoms with van der Waals surface area (Å²) in [6.45, 7) is 7.44. The third-order valence-electron chi connectivity index (χ3n) is 1.63. The molecule has 0 rings (SSSR count). The van der Waals surface area contributed by atoms with E-state index < -0.39 is 0 Å². The Morgan fingerprint density at radius 3 is 2.14 bits per heavy atom. The Morgan fingerprint density at radius 1 is 1.00 bits per heavy atom. The van der Waals surface area contributed by atoms with Crippen LogP contribution in [0.3, 0.4) is 0 Å². The Labute approximate surface area is 87.6 Å². The maximum Gasteiger partial charge on any atom is 0.177 e. The lowest BCUT2D eigenvalue weighted by Crippen LogP contribution is -2.13. The van der Waals surface area contributed by atoms with E-state index in [0.717, 1.165) is 6.42 Å². The van der Waals surface area contributed by atoms with Gasteiger partial charge in [0.15, 0.2) is 6.29 Å². The molecule has 0 N–H and O–H groups in total. The summed E-state index contributed by atoms with van der Waals surface area (Å²) < 4.78 is 10.7. The van der Waals surface area contributed by atoms with Gasteiger partial charge in [0.05, 0.1) is 0 Å². The largest absolute Gasteiger partial charge is 0.349 e. The highest BCUT2D eigenvalue weighted by Crippen LogP contribution is 1.98. The molecule has 0 saturated carbocycles. The van der Waals surface area contributed by atoms with E-state index in [1.807, 2.05) is 32.1 Å². The van der Waals surface area contributed by atoms with Crippen molar-refractivity contribution in [3.8, 4) is 0 Å². The number of rotatable bonds is 8. The van der Waals surface area contributed by atoms with Crippen molar-refractivity contribution in [2.45, 2.75) is 39.9 Å². The zero-order valence-corrected chi connectivity index (χ0v) is 9.53. The van der Waals surface area contributed by atoms with Crippen molar-refractivity contribution >= 4 is 0 Å². The van der Waals surface area contributed by atoms with Crippen molar-refractivity contribution < 1.29 is 9.47 Å². The maximum absolute atomic E-state index is 5.35. The Balaban J connectivity index is 3.76. The van der Waals surface area contributed by atoms with Gasteiger partial charge in [-0.05, 0) is 26.3 Å². The summed E-state index contributed by atoms with van der Waals surface area (Å²) in [6, 6.07) is 0. The molecule has 2 nitrogen and oxygen atoms in total. The number of unbranched alkanes of at least 4 members (excludes halogenated alkanes) is 1. The second-order valence-electron chi connectivity index (χ2n) is 2.88. The van der Waals surface area contributed by atoms with Crippen LogP contribution >= 0.6 is 0 Å². The van der Waals surface area contributed by atoms with Crippen LogP contribution in [0.25, 0.3) is 0 Å². The number of ether oxygens (including phenoxy) is 2. The zero-order valence-electron chi connectivity index (χ0n) is 9.53. The third kappa shape index (κ3) is 8.02. The Kier molecular flexibility index (Phi) is 10.0. The molecule has 14 heavy (non-hydrogen) atoms. The molecule has 0 aliphatic carbocycles. The molecule has 0 saturated heterocycles. The van der Waals surface area contributed by atoms with E-state index in [2.05, 4.69) is 13.0 Å². The molecule has 0 bridgehead atoms. The molecule has 0 heterocycles. The fourth-order valence-corrected chi connectivity index (χ4v) is 0.984. The molecule has 0 atom stereocenters. The average molecular weight is 198 g/mol. The van der Waals surface area contributed by atoms with Crippen molar-refractivity contribution in [2.75, 3.05) is 13.2 Å². The smallest absolute Gasteiger partial charge is 0.177 e. The predicted molar refractivity (Wildman–Crippen MR) is 60.2 cm³/mol. The maximum atomic E-state index is 5.35. The number of hydrogen-bond donors (Lipinski definition) is 0. The van der Waals surface area contributed by atoms with Crippen LogP contribution in [-0.2, 0) is 9.47 Å². The van der Waals surface area contributed by atoms with E-state index in [4.69, 9.17) is 9.47 Å². The first kappa shape index (κ1) is 13.4. The van der Waals surface area contributed by atoms with Crippen molar-refractivity contribution in [3.05, 3.63) is 24.3 Å². The van der Waals surface area contributed by atoms with Crippen LogP contribution in [0.1, 0.15) is 33.6 Å². The summed E-state index contributed by atoms with van der Waals surface area (Å²) in [6.07, 6.45) is 10.2. The van der Waals surface area contributed by atoms with Crippen LogP contribution in [0, 0.1) is 0 Å². The van der Waals surface area contributed by atoms with Gasteiger partial charge in [0, 0.05) is 13.2 Å². The SMILES string of the molecule is CCC/C=C\C=C\C(OCC)OCC. The average Bonchev–Trinajstić information content (AvgIpc) is 2.18. The number of allylic oxidation sites excluding steroid dienone is 3. The van der Waals surface area contributed by atoms with Gasteiger partial charge in [0.25, 0.3) is 0 Å². The third-order valence-corrected chi connectivity index (χ3v) is 1.63. The van der Waals surface area contributed by atoms with Crippen LogP contribution < -0.4 is 0 Å². The lowest BCUT2D eigenvalue weighted by atomic mass is 10.3. The van der Waals surface area contributed by atoms with Gasteiger partial charge in [-0.15, -0.1) is 0 Å². The van der Waals surface area contributed by atoms with E-state index in [1.165, 1.54) is 6.42 Å². The summed E-state index contributed by atoms with van der Waals surface area (Å²) in [5.74, 6) is 0. The van der Waals surface area contributed by atoms with Crippen LogP contribution in [0.15, 0.2) is 24.3 Å². The van der Waals surface area contributed by atoms with Crippen LogP contribution in [0.2, 0.25) is 0 Å². The van der Waals surface area contributed by atoms with E-state index in [0.29, 0.717) is 13.2 Å². The van der Waals surface area contributed by atoms with E-state index in [9.17, 15) is 0 Å². The molecular weight excluding hydrogens is 176 g/mol. The lowest BCUT2D eigenvalue weighted by molar-refractivity contribution is -0.103. The van der Waals surface area contributed by atoms with Crippen LogP contribution in [-0.4, -0.2) is 19.5 Å². The molecule has 0 fully saturated rings. The summed E-state index contributed by atoms with van der Waals surface area (Å²) in [5, 5.41) is 0. The van der Waals surface area contributed by atoms with Crippen molar-refractivity contribution in [1.82, 2.24) is 0 Å². The van der Waals surface area contributed by atoms with E-state index in [-0.39, 0.29) is 6.29 Å². The molecule has 0 unspecified atom stereocenters. The molecular formula is C12H22O2. The quantitative estimate of drug-likeness (QED) is 0.440. The second-order valence-corrected chi connectivity index (χ2v) is 2.88. The van der Waals surface area contributed by atoms with E-state index >= 15 is 0 Å². The minimum Gasteiger partial charge on any atom is -0.349 e. The molecule has 0 aliphatic heterocycles. The summed E-state index contributed by atoms with van der Waals surface area (Å²) in [4.78, 5) is 0. The highest BCUT2D eigenvalue weighted by atomic mass is 16.7. The first-order valence-electron chi connectivity index (χ1n) is 5.41. The standard InChI is InChI=1S/C12H22O2/c1-4-7-8-9-10-11-12(13-5-2)14-6-3/h8-12H,4-7H2,1-3H3/b9-8-,11-10+. The van der Waals surface area contributed by atoms with Crippen LogP contribution in [0.4, 0.5) is 0 Å². The topological polar surface area (TPSA) is 18.5 Å². The molecule has 0 aromatic rings. The summed E-state index contributed by atoms with van der Waals surface area (Å²) in [5.41, 5.74) is 0. The Bertz CT molecular complexity index is 156. The first-order chi connectivity index (χ1) is 6.85. The molecule has 0 aromatic carbocycles. The first-order valence-corrected chi connectivity index (χ1v) is 5.41. The normalized spacial score (nSPS) is 12.3. The molecule has 0 spiro atoms. The van der Waals surface area contributed by atoms with E-state index in [1.54, 1.807) is 0 Å². The van der Waals surface area contributed by atoms with Crippen molar-refractivity contribution in [1.29, 1.82) is 0 Å². The molecule has 0 amide bonds. The number of hydrogen-bond acceptors (Lipinski definition) is 2. The second kappa shape index (κ2) is 10.5. The highest BCUT2D eigenvalue weighted by Gasteiger charge is 1.99. The van der Waals surface area contributed by atoms with Gasteiger partial charge in [-0.25, -0.2) is 0 Å². The van der Waals surface area contributed by atoms with Gasteiger partial charge in [-0.2, -0.15) is 0 Å². The lowest BCUT2D eigenvalue weighted by Gasteiger charge is -2.11. The fourth-order valence-electron chi connectivity index (χ4n) is 0.984. The predicted octanol–water partition coefficient (Wildman–Crippen LogP) is 3.30.